The summed E-state index contributed by atoms with van der Waals surface area (Å²) in [7, 11) is -1.17. The number of hydrogen-bond acceptors (Lipinski definition) is 5. The number of anilines is 1. The molecule has 1 aromatic heterocycles. The van der Waals surface area contributed by atoms with Crippen molar-refractivity contribution < 1.29 is 13.2 Å². The van der Waals surface area contributed by atoms with Gasteiger partial charge in [-0.15, -0.1) is 0 Å². The van der Waals surface area contributed by atoms with Gasteiger partial charge in [-0.3, -0.25) is 9.69 Å². The fraction of sp³-hybridized carbons (Fsp3) is 0.333. The minimum Gasteiger partial charge on any atom is -0.342 e. The first-order valence-electron chi connectivity index (χ1n) is 9.61. The van der Waals surface area contributed by atoms with Crippen LogP contribution in [0.1, 0.15) is 17.8 Å². The van der Waals surface area contributed by atoms with E-state index in [4.69, 9.17) is 0 Å². The molecule has 2 heterocycles. The molecule has 1 amide bonds. The number of aromatic amines is 1. The Kier molecular flexibility index (Phi) is 5.38. The molecule has 0 aliphatic carbocycles. The Morgan fingerprint density at radius 2 is 2.03 bits per heavy atom. The number of imidazole rings is 1. The summed E-state index contributed by atoms with van der Waals surface area (Å²) in [6.07, 6.45) is 1.29. The van der Waals surface area contributed by atoms with Crippen LogP contribution >= 0.6 is 0 Å². The molecule has 29 heavy (non-hydrogen) atoms. The van der Waals surface area contributed by atoms with Gasteiger partial charge in [-0.05, 0) is 37.2 Å². The number of H-pyrrole nitrogens is 1. The van der Waals surface area contributed by atoms with E-state index in [0.29, 0.717) is 18.5 Å². The average molecular weight is 413 g/mol. The van der Waals surface area contributed by atoms with Gasteiger partial charge >= 0.3 is 0 Å². The maximum Gasteiger partial charge on any atom is 0.238 e. The highest BCUT2D eigenvalue weighted by atomic mass is 32.2. The molecule has 0 spiro atoms. The van der Waals surface area contributed by atoms with E-state index in [1.807, 2.05) is 41.3 Å². The Hall–Kier alpha value is -2.71. The minimum atomic E-state index is -2.96. The van der Waals surface area contributed by atoms with E-state index in [1.165, 1.54) is 5.56 Å². The number of fused-ring (bicyclic) bond motifs is 1. The molecule has 1 fully saturated rings. The van der Waals surface area contributed by atoms with Crippen molar-refractivity contribution in [3.05, 3.63) is 59.9 Å². The lowest BCUT2D eigenvalue weighted by atomic mass is 10.1. The van der Waals surface area contributed by atoms with Crippen molar-refractivity contribution in [3.8, 4) is 0 Å². The lowest BCUT2D eigenvalue weighted by Gasteiger charge is -2.22. The molecule has 7 nitrogen and oxygen atoms in total. The summed E-state index contributed by atoms with van der Waals surface area (Å²) in [5.41, 5.74) is 3.58. The molecule has 1 aliphatic rings. The van der Waals surface area contributed by atoms with Crippen molar-refractivity contribution in [3.63, 3.8) is 0 Å². The molecule has 0 radical (unpaired) electrons. The van der Waals surface area contributed by atoms with Gasteiger partial charge in [-0.25, -0.2) is 13.4 Å². The zero-order valence-corrected chi connectivity index (χ0v) is 17.1. The predicted octanol–water partition coefficient (Wildman–Crippen LogP) is 2.21. The highest BCUT2D eigenvalue weighted by Gasteiger charge is 2.31. The normalized spacial score (nSPS) is 18.3. The summed E-state index contributed by atoms with van der Waals surface area (Å²) >= 11 is 0. The van der Waals surface area contributed by atoms with Gasteiger partial charge in [0.1, 0.15) is 5.82 Å². The standard InChI is InChI=1S/C21H24N4O3S/c1-25(17-9-10-29(27,28)14-17)13-21(26)22-16-7-8-18-19(12-16)24-20(23-18)11-15-5-3-2-4-6-15/h2-8,12,17H,9-11,13-14H2,1H3,(H,22,26)(H,23,24)/t17-/m1/s1. The second kappa shape index (κ2) is 7.96. The highest BCUT2D eigenvalue weighted by Crippen LogP contribution is 2.20. The van der Waals surface area contributed by atoms with E-state index < -0.39 is 9.84 Å². The van der Waals surface area contributed by atoms with Crippen molar-refractivity contribution in [1.82, 2.24) is 14.9 Å². The van der Waals surface area contributed by atoms with Gasteiger partial charge in [0.15, 0.2) is 9.84 Å². The number of carbonyl (C=O) groups excluding carboxylic acids is 1. The van der Waals surface area contributed by atoms with Crippen LogP contribution in [-0.4, -0.2) is 60.3 Å². The van der Waals surface area contributed by atoms with Crippen LogP contribution in [0.3, 0.4) is 0 Å². The van der Waals surface area contributed by atoms with Crippen LogP contribution in [0.15, 0.2) is 48.5 Å². The third-order valence-corrected chi connectivity index (χ3v) is 7.00. The Morgan fingerprint density at radius 1 is 1.24 bits per heavy atom. The molecule has 152 valence electrons. The molecule has 8 heteroatoms. The first-order chi connectivity index (χ1) is 13.9. The predicted molar refractivity (Wildman–Crippen MR) is 114 cm³/mol. The van der Waals surface area contributed by atoms with Crippen molar-refractivity contribution in [2.24, 2.45) is 0 Å². The first-order valence-corrected chi connectivity index (χ1v) is 11.4. The SMILES string of the molecule is CN(CC(=O)Nc1ccc2nc(Cc3ccccc3)[nH]c2c1)[C@@H]1CCS(=O)(=O)C1. The second-order valence-corrected chi connectivity index (χ2v) is 9.83. The van der Waals surface area contributed by atoms with Crippen molar-refractivity contribution in [2.75, 3.05) is 30.4 Å². The number of rotatable bonds is 6. The lowest BCUT2D eigenvalue weighted by Crippen LogP contribution is -2.38. The Labute approximate surface area is 170 Å². The third kappa shape index (κ3) is 4.83. The van der Waals surface area contributed by atoms with E-state index in [1.54, 1.807) is 7.05 Å². The molecule has 1 saturated heterocycles. The topological polar surface area (TPSA) is 95.2 Å². The number of aromatic nitrogens is 2. The summed E-state index contributed by atoms with van der Waals surface area (Å²) in [6.45, 7) is 0.153. The fourth-order valence-electron chi connectivity index (χ4n) is 3.69. The zero-order chi connectivity index (χ0) is 20.4. The largest absolute Gasteiger partial charge is 0.342 e. The number of hydrogen-bond donors (Lipinski definition) is 2. The van der Waals surface area contributed by atoms with E-state index in [0.717, 1.165) is 16.9 Å². The van der Waals surface area contributed by atoms with Crippen LogP contribution in [0.5, 0.6) is 0 Å². The quantitative estimate of drug-likeness (QED) is 0.647. The number of likely N-dealkylation sites (N-methyl/N-ethyl adjacent to an activating group) is 1. The van der Waals surface area contributed by atoms with Gasteiger partial charge in [-0.1, -0.05) is 30.3 Å². The number of nitrogens with zero attached hydrogens (tertiary/aromatic N) is 2. The van der Waals surface area contributed by atoms with Crippen molar-refractivity contribution in [2.45, 2.75) is 18.9 Å². The number of amides is 1. The van der Waals surface area contributed by atoms with Crippen LogP contribution in [0, 0.1) is 0 Å². The van der Waals surface area contributed by atoms with E-state index in [2.05, 4.69) is 27.4 Å². The van der Waals surface area contributed by atoms with Crippen molar-refractivity contribution in [1.29, 1.82) is 0 Å². The molecule has 2 N–H and O–H groups in total. The van der Waals surface area contributed by atoms with E-state index >= 15 is 0 Å². The van der Waals surface area contributed by atoms with Gasteiger partial charge in [-0.2, -0.15) is 0 Å². The van der Waals surface area contributed by atoms with Gasteiger partial charge in [0.05, 0.1) is 29.1 Å². The molecular formula is C21H24N4O3S. The molecule has 0 bridgehead atoms. The Bertz CT molecular complexity index is 1130. The second-order valence-electron chi connectivity index (χ2n) is 7.60. The van der Waals surface area contributed by atoms with E-state index in [9.17, 15) is 13.2 Å². The van der Waals surface area contributed by atoms with Gasteiger partial charge in [0.25, 0.3) is 0 Å². The summed E-state index contributed by atoms with van der Waals surface area (Å²) in [5, 5.41) is 2.89. The summed E-state index contributed by atoms with van der Waals surface area (Å²) in [6, 6.07) is 15.6. The van der Waals surface area contributed by atoms with Gasteiger partial charge < -0.3 is 10.3 Å². The fourth-order valence-corrected chi connectivity index (χ4v) is 5.50. The molecule has 0 unspecified atom stereocenters. The smallest absolute Gasteiger partial charge is 0.238 e. The number of sulfone groups is 1. The van der Waals surface area contributed by atoms with E-state index in [-0.39, 0.29) is 30.0 Å². The minimum absolute atomic E-state index is 0.0959. The Morgan fingerprint density at radius 3 is 2.76 bits per heavy atom. The monoisotopic (exact) mass is 412 g/mol. The highest BCUT2D eigenvalue weighted by molar-refractivity contribution is 7.91. The van der Waals surface area contributed by atoms with Crippen LogP contribution in [0.4, 0.5) is 5.69 Å². The number of nitrogens with one attached hydrogen (secondary N) is 2. The van der Waals surface area contributed by atoms with Crippen LogP contribution in [0.25, 0.3) is 11.0 Å². The van der Waals surface area contributed by atoms with Crippen LogP contribution in [-0.2, 0) is 21.1 Å². The molecule has 1 aliphatic heterocycles. The van der Waals surface area contributed by atoms with Crippen LogP contribution < -0.4 is 5.32 Å². The maximum atomic E-state index is 12.4. The number of benzene rings is 2. The molecule has 2 aromatic carbocycles. The molecular weight excluding hydrogens is 388 g/mol. The summed E-state index contributed by atoms with van der Waals surface area (Å²) in [4.78, 5) is 22.1. The van der Waals surface area contributed by atoms with Gasteiger partial charge in [0.2, 0.25) is 5.91 Å². The molecule has 0 saturated carbocycles. The van der Waals surface area contributed by atoms with Crippen LogP contribution in [0.2, 0.25) is 0 Å². The maximum absolute atomic E-state index is 12.4. The summed E-state index contributed by atoms with van der Waals surface area (Å²) in [5.74, 6) is 1.03. The third-order valence-electron chi connectivity index (χ3n) is 5.25. The average Bonchev–Trinajstić information content (AvgIpc) is 3.24. The number of carbonyl (C=O) groups is 1. The first kappa shape index (κ1) is 19.6. The van der Waals surface area contributed by atoms with Gasteiger partial charge in [0, 0.05) is 18.2 Å². The Balaban J connectivity index is 1.39. The molecule has 4 rings (SSSR count). The summed E-state index contributed by atoms with van der Waals surface area (Å²) < 4.78 is 23.3. The molecule has 1 atom stereocenters. The lowest BCUT2D eigenvalue weighted by molar-refractivity contribution is -0.117. The zero-order valence-electron chi connectivity index (χ0n) is 16.3. The molecule has 3 aromatic rings. The van der Waals surface area contributed by atoms with Crippen molar-refractivity contribution >= 4 is 32.5 Å².